The van der Waals surface area contributed by atoms with Crippen molar-refractivity contribution >= 4 is 29.1 Å². The van der Waals surface area contributed by atoms with Crippen LogP contribution < -0.4 is 10.2 Å². The van der Waals surface area contributed by atoms with Gasteiger partial charge in [-0.2, -0.15) is 0 Å². The van der Waals surface area contributed by atoms with Crippen molar-refractivity contribution in [3.8, 4) is 0 Å². The molecule has 0 unspecified atom stereocenters. The largest absolute Gasteiger partial charge is 0.322 e. The zero-order valence-electron chi connectivity index (χ0n) is 16.9. The molecule has 0 aromatic heterocycles. The van der Waals surface area contributed by atoms with Gasteiger partial charge < -0.3 is 5.32 Å². The Morgan fingerprint density at radius 2 is 1.66 bits per heavy atom. The maximum atomic E-state index is 12.9. The molecule has 2 aromatic rings. The highest BCUT2D eigenvalue weighted by Gasteiger charge is 2.48. The van der Waals surface area contributed by atoms with Crippen LogP contribution in [-0.2, 0) is 9.59 Å². The molecular weight excluding hydrogens is 364 g/mol. The van der Waals surface area contributed by atoms with Crippen LogP contribution in [0.25, 0.3) is 0 Å². The van der Waals surface area contributed by atoms with Gasteiger partial charge in [0.1, 0.15) is 0 Å². The minimum absolute atomic E-state index is 0.167. The lowest BCUT2D eigenvalue weighted by Gasteiger charge is -2.18. The second kappa shape index (κ2) is 7.32. The van der Waals surface area contributed by atoms with E-state index in [4.69, 9.17) is 0 Å². The van der Waals surface area contributed by atoms with Gasteiger partial charge in [0.2, 0.25) is 11.8 Å². The summed E-state index contributed by atoms with van der Waals surface area (Å²) in [5.41, 5.74) is 4.86. The number of carbonyl (C=O) groups excluding carboxylic acids is 3. The number of rotatable bonds is 3. The van der Waals surface area contributed by atoms with E-state index in [2.05, 4.69) is 5.32 Å². The van der Waals surface area contributed by atoms with Crippen LogP contribution >= 0.6 is 0 Å². The van der Waals surface area contributed by atoms with Gasteiger partial charge in [-0.1, -0.05) is 23.8 Å². The number of amides is 3. The minimum atomic E-state index is -0.293. The molecule has 5 nitrogen and oxygen atoms in total. The van der Waals surface area contributed by atoms with Crippen LogP contribution in [0.1, 0.15) is 41.3 Å². The molecule has 2 atom stereocenters. The van der Waals surface area contributed by atoms with Crippen molar-refractivity contribution in [3.05, 3.63) is 70.8 Å². The fourth-order valence-electron chi connectivity index (χ4n) is 4.33. The Morgan fingerprint density at radius 3 is 2.38 bits per heavy atom. The number of allylic oxidation sites excluding steroid dienone is 2. The summed E-state index contributed by atoms with van der Waals surface area (Å²) in [6.07, 6.45) is 3.27. The van der Waals surface area contributed by atoms with Crippen molar-refractivity contribution in [1.29, 1.82) is 0 Å². The topological polar surface area (TPSA) is 66.5 Å². The van der Waals surface area contributed by atoms with E-state index in [0.717, 1.165) is 22.4 Å². The molecule has 0 radical (unpaired) electrons. The number of nitrogens with one attached hydrogen (secondary N) is 1. The zero-order chi connectivity index (χ0) is 20.7. The third-order valence-electron chi connectivity index (χ3n) is 5.67. The highest BCUT2D eigenvalue weighted by Crippen LogP contribution is 2.39. The molecule has 3 amide bonds. The van der Waals surface area contributed by atoms with Crippen molar-refractivity contribution in [2.45, 2.75) is 33.6 Å². The van der Waals surface area contributed by atoms with Crippen LogP contribution in [0.2, 0.25) is 0 Å². The van der Waals surface area contributed by atoms with Gasteiger partial charge in [0, 0.05) is 11.3 Å². The maximum absolute atomic E-state index is 12.9. The van der Waals surface area contributed by atoms with Crippen LogP contribution in [0, 0.1) is 25.7 Å². The average Bonchev–Trinajstić information content (AvgIpc) is 2.91. The zero-order valence-corrected chi connectivity index (χ0v) is 16.9. The summed E-state index contributed by atoms with van der Waals surface area (Å²) >= 11 is 0. The molecule has 2 aliphatic rings. The van der Waals surface area contributed by atoms with Gasteiger partial charge in [0.05, 0.1) is 17.5 Å². The highest BCUT2D eigenvalue weighted by atomic mass is 16.2. The number of imide groups is 1. The number of carbonyl (C=O) groups is 3. The molecule has 1 fully saturated rings. The van der Waals surface area contributed by atoms with Crippen molar-refractivity contribution in [2.24, 2.45) is 11.8 Å². The van der Waals surface area contributed by atoms with Crippen molar-refractivity contribution in [1.82, 2.24) is 0 Å². The standard InChI is InChI=1S/C24H24N2O3/c1-14-7-8-20-21(12-14)24(29)26(23(20)28)19-6-4-5-17(13-19)22(27)25-18-10-15(2)9-16(3)11-18/h4-7,9-11,13,20-21H,8,12H2,1-3H3,(H,25,27)/t20-,21-/m0/s1. The van der Waals surface area contributed by atoms with Crippen molar-refractivity contribution in [3.63, 3.8) is 0 Å². The Kier molecular flexibility index (Phi) is 4.82. The van der Waals surface area contributed by atoms with Gasteiger partial charge in [-0.05, 0) is 75.1 Å². The molecule has 1 aliphatic carbocycles. The van der Waals surface area contributed by atoms with Gasteiger partial charge in [-0.3, -0.25) is 19.3 Å². The molecule has 1 N–H and O–H groups in total. The summed E-state index contributed by atoms with van der Waals surface area (Å²) < 4.78 is 0. The van der Waals surface area contributed by atoms with Crippen LogP contribution in [0.3, 0.4) is 0 Å². The van der Waals surface area contributed by atoms with Crippen LogP contribution in [-0.4, -0.2) is 17.7 Å². The third-order valence-corrected chi connectivity index (χ3v) is 5.67. The summed E-state index contributed by atoms with van der Waals surface area (Å²) in [4.78, 5) is 39.8. The molecule has 1 saturated heterocycles. The lowest BCUT2D eigenvalue weighted by Crippen LogP contribution is -2.31. The number of aryl methyl sites for hydroxylation is 2. The van der Waals surface area contributed by atoms with Gasteiger partial charge in [-0.25, -0.2) is 0 Å². The highest BCUT2D eigenvalue weighted by molar-refractivity contribution is 6.22. The number of nitrogens with zero attached hydrogens (tertiary/aromatic N) is 1. The molecule has 0 bridgehead atoms. The summed E-state index contributed by atoms with van der Waals surface area (Å²) in [5.74, 6) is -1.19. The summed E-state index contributed by atoms with van der Waals surface area (Å²) in [7, 11) is 0. The molecule has 29 heavy (non-hydrogen) atoms. The van der Waals surface area contributed by atoms with Crippen molar-refractivity contribution in [2.75, 3.05) is 10.2 Å². The molecule has 5 heteroatoms. The Morgan fingerprint density at radius 1 is 0.966 bits per heavy atom. The molecule has 4 rings (SSSR count). The van der Waals surface area contributed by atoms with Crippen LogP contribution in [0.5, 0.6) is 0 Å². The Hall–Kier alpha value is -3.21. The smallest absolute Gasteiger partial charge is 0.255 e. The SMILES string of the molecule is CC1=CC[C@@H]2C(=O)N(c3cccc(C(=O)Nc4cc(C)cc(C)c4)c3)C(=O)[C@H]2C1. The van der Waals surface area contributed by atoms with E-state index >= 15 is 0 Å². The molecule has 148 valence electrons. The Bertz CT molecular complexity index is 1030. The lowest BCUT2D eigenvalue weighted by atomic mass is 9.82. The van der Waals surface area contributed by atoms with Gasteiger partial charge >= 0.3 is 0 Å². The van der Waals surface area contributed by atoms with E-state index in [9.17, 15) is 14.4 Å². The van der Waals surface area contributed by atoms with Crippen LogP contribution in [0.4, 0.5) is 11.4 Å². The first-order valence-corrected chi connectivity index (χ1v) is 9.86. The maximum Gasteiger partial charge on any atom is 0.255 e. The number of anilines is 2. The molecule has 1 heterocycles. The van der Waals surface area contributed by atoms with E-state index in [1.54, 1.807) is 24.3 Å². The first-order valence-electron chi connectivity index (χ1n) is 9.86. The summed E-state index contributed by atoms with van der Waals surface area (Å²) in [6.45, 7) is 5.95. The second-order valence-electron chi connectivity index (χ2n) is 8.10. The lowest BCUT2D eigenvalue weighted by molar-refractivity contribution is -0.122. The van der Waals surface area contributed by atoms with Gasteiger partial charge in [0.25, 0.3) is 5.91 Å². The third kappa shape index (κ3) is 3.60. The van der Waals surface area contributed by atoms with E-state index in [-0.39, 0.29) is 29.6 Å². The number of hydrogen-bond acceptors (Lipinski definition) is 3. The fourth-order valence-corrected chi connectivity index (χ4v) is 4.33. The summed E-state index contributed by atoms with van der Waals surface area (Å²) in [5, 5.41) is 2.90. The predicted octanol–water partition coefficient (Wildman–Crippen LogP) is 4.40. The summed E-state index contributed by atoms with van der Waals surface area (Å²) in [6, 6.07) is 12.6. The van der Waals surface area contributed by atoms with E-state index in [1.807, 2.05) is 45.0 Å². The number of benzene rings is 2. The first kappa shape index (κ1) is 19.1. The van der Waals surface area contributed by atoms with E-state index < -0.39 is 0 Å². The van der Waals surface area contributed by atoms with Gasteiger partial charge in [-0.15, -0.1) is 0 Å². The normalized spacial score (nSPS) is 21.1. The molecule has 1 aliphatic heterocycles. The second-order valence-corrected chi connectivity index (χ2v) is 8.10. The first-order chi connectivity index (χ1) is 13.8. The average molecular weight is 388 g/mol. The van der Waals surface area contributed by atoms with E-state index in [1.165, 1.54) is 4.90 Å². The molecular formula is C24H24N2O3. The Balaban J connectivity index is 1.58. The molecule has 2 aromatic carbocycles. The van der Waals surface area contributed by atoms with Gasteiger partial charge in [0.15, 0.2) is 0 Å². The minimum Gasteiger partial charge on any atom is -0.322 e. The van der Waals surface area contributed by atoms with E-state index in [0.29, 0.717) is 24.1 Å². The molecule has 0 saturated carbocycles. The monoisotopic (exact) mass is 388 g/mol. The van der Waals surface area contributed by atoms with Crippen molar-refractivity contribution < 1.29 is 14.4 Å². The van der Waals surface area contributed by atoms with Crippen LogP contribution in [0.15, 0.2) is 54.1 Å². The number of fused-ring (bicyclic) bond motifs is 1. The quantitative estimate of drug-likeness (QED) is 0.626. The Labute approximate surface area is 170 Å². The predicted molar refractivity (Wildman–Crippen MR) is 113 cm³/mol. The fraction of sp³-hybridized carbons (Fsp3) is 0.292. The number of hydrogen-bond donors (Lipinski definition) is 1. The molecule has 0 spiro atoms.